The lowest BCUT2D eigenvalue weighted by atomic mass is 9.49. The van der Waals surface area contributed by atoms with E-state index in [0.717, 1.165) is 14.2 Å². The summed E-state index contributed by atoms with van der Waals surface area (Å²) in [6.07, 6.45) is 2.40. The van der Waals surface area contributed by atoms with Crippen LogP contribution in [0.3, 0.4) is 0 Å². The number of nitrogens with one attached hydrogen (secondary N) is 1. The van der Waals surface area contributed by atoms with Gasteiger partial charge in [-0.05, 0) is 125 Å². The molecule has 8 rings (SSSR count). The Bertz CT molecular complexity index is 2060. The summed E-state index contributed by atoms with van der Waals surface area (Å²) < 4.78 is 14.8. The number of nitrogens with zero attached hydrogens (tertiary/aromatic N) is 2. The third-order valence-electron chi connectivity index (χ3n) is 10.6. The number of phenols is 1. The van der Waals surface area contributed by atoms with Crippen molar-refractivity contribution >= 4 is 69.2 Å². The number of benzene rings is 4. The van der Waals surface area contributed by atoms with Crippen LogP contribution in [0.4, 0.5) is 15.8 Å². The minimum absolute atomic E-state index is 0.0315. The summed E-state index contributed by atoms with van der Waals surface area (Å²) in [4.78, 5) is 59.3. The lowest BCUT2D eigenvalue weighted by Crippen LogP contribution is -2.53. The van der Waals surface area contributed by atoms with Gasteiger partial charge < -0.3 is 5.11 Å². The van der Waals surface area contributed by atoms with Gasteiger partial charge in [0.1, 0.15) is 11.6 Å². The Hall–Kier alpha value is -4.55. The number of fused-ring (bicyclic) bond motifs is 4. The molecule has 2 aliphatic carbocycles. The van der Waals surface area contributed by atoms with Crippen molar-refractivity contribution in [1.29, 1.82) is 0 Å². The molecular weight excluding hydrogens is 760 g/mol. The van der Waals surface area contributed by atoms with Crippen LogP contribution in [0.15, 0.2) is 109 Å². The highest BCUT2D eigenvalue weighted by Crippen LogP contribution is 2.64. The van der Waals surface area contributed by atoms with Crippen molar-refractivity contribution in [2.24, 2.45) is 23.7 Å². The average Bonchev–Trinajstić information content (AvgIpc) is 3.48. The van der Waals surface area contributed by atoms with E-state index in [2.05, 4.69) is 28.0 Å². The monoisotopic (exact) mass is 787 g/mol. The molecule has 8 nitrogen and oxygen atoms in total. The first kappa shape index (κ1) is 31.7. The molecule has 4 amide bonds. The topological polar surface area (TPSA) is 107 Å². The Morgan fingerprint density at radius 3 is 2.16 bits per heavy atom. The molecule has 4 aliphatic rings. The Balaban J connectivity index is 1.31. The van der Waals surface area contributed by atoms with Gasteiger partial charge in [-0.3, -0.25) is 29.5 Å². The van der Waals surface area contributed by atoms with Crippen LogP contribution in [0.1, 0.15) is 29.9 Å². The number of hydrogen-bond donors (Lipinski definition) is 2. The van der Waals surface area contributed by atoms with Gasteiger partial charge in [0.2, 0.25) is 11.8 Å². The summed E-state index contributed by atoms with van der Waals surface area (Å²) in [5, 5.41) is 11.7. The first-order valence-corrected chi connectivity index (χ1v) is 17.3. The molecule has 2 saturated heterocycles. The lowest BCUT2D eigenvalue weighted by Gasteiger charge is -2.50. The summed E-state index contributed by atoms with van der Waals surface area (Å²) in [6, 6.07) is 26.0. The quantitative estimate of drug-likeness (QED) is 0.129. The summed E-state index contributed by atoms with van der Waals surface area (Å²) >= 11 is 8.50. The predicted molar refractivity (Wildman–Crippen MR) is 189 cm³/mol. The largest absolute Gasteiger partial charge is 0.508 e. The number of halogens is 3. The van der Waals surface area contributed by atoms with Crippen molar-refractivity contribution in [2.45, 2.75) is 24.2 Å². The van der Waals surface area contributed by atoms with Gasteiger partial charge in [0.25, 0.3) is 11.8 Å². The highest BCUT2D eigenvalue weighted by Gasteiger charge is 2.70. The van der Waals surface area contributed by atoms with E-state index < -0.39 is 52.6 Å². The van der Waals surface area contributed by atoms with E-state index in [1.54, 1.807) is 48.5 Å². The normalized spacial score (nSPS) is 27.5. The molecule has 0 radical (unpaired) electrons. The first-order valence-electron chi connectivity index (χ1n) is 15.9. The molecule has 0 unspecified atom stereocenters. The van der Waals surface area contributed by atoms with Gasteiger partial charge in [-0.2, -0.15) is 5.01 Å². The molecule has 2 aliphatic heterocycles. The number of anilines is 2. The van der Waals surface area contributed by atoms with Crippen molar-refractivity contribution in [2.75, 3.05) is 10.3 Å². The molecule has 6 atom stereocenters. The van der Waals surface area contributed by atoms with Crippen LogP contribution in [-0.2, 0) is 24.6 Å². The number of imide groups is 2. The number of aromatic hydroxyl groups is 1. The first-order chi connectivity index (χ1) is 23.6. The van der Waals surface area contributed by atoms with Crippen LogP contribution in [0.5, 0.6) is 5.75 Å². The molecule has 2 heterocycles. The zero-order chi connectivity index (χ0) is 34.2. The molecule has 4 aromatic rings. The standard InChI is InChI=1S/C38H28ClFIN3O5/c39-22-5-3-21(4-6-22)38-31(35(47)44(37(38)49)42-25-11-7-23(40)8-12-25)19-30-28(33(38)20-1-15-27(45)16-2-20)17-18-29-32(30)36(48)43(34(29)46)26-13-9-24(41)10-14-26/h1-17,29-33,42,45H,18-19H2/t29-,30+,31-,32-,33-,38+/m0/s1. The van der Waals surface area contributed by atoms with Gasteiger partial charge in [0.05, 0.1) is 34.5 Å². The SMILES string of the molecule is O=C1[C@@H]2C[C@@H]3C(=CC[C@@H]4C(=O)N(c5ccc(I)cc5)C(=O)[C@@H]43)[C@H](c3ccc(O)cc3)[C@]2(c2ccc(Cl)cc2)C(=O)N1Nc1ccc(F)cc1. The molecule has 4 aromatic carbocycles. The second kappa shape index (κ2) is 11.8. The number of carbonyl (C=O) groups is 4. The number of allylic oxidation sites excluding steroid dienone is 2. The lowest BCUT2D eigenvalue weighted by molar-refractivity contribution is -0.138. The molecule has 1 saturated carbocycles. The van der Waals surface area contributed by atoms with Gasteiger partial charge >= 0.3 is 0 Å². The van der Waals surface area contributed by atoms with Gasteiger partial charge in [-0.25, -0.2) is 4.39 Å². The number of amides is 4. The summed E-state index contributed by atoms with van der Waals surface area (Å²) in [5.74, 6) is -5.65. The van der Waals surface area contributed by atoms with E-state index >= 15 is 4.79 Å². The molecule has 2 N–H and O–H groups in total. The smallest absolute Gasteiger partial charge is 0.260 e. The molecule has 0 aromatic heterocycles. The number of carbonyl (C=O) groups excluding carboxylic acids is 4. The van der Waals surface area contributed by atoms with Gasteiger partial charge in [0.15, 0.2) is 0 Å². The van der Waals surface area contributed by atoms with Crippen molar-refractivity contribution in [3.05, 3.63) is 134 Å². The predicted octanol–water partition coefficient (Wildman–Crippen LogP) is 6.98. The van der Waals surface area contributed by atoms with Crippen LogP contribution >= 0.6 is 34.2 Å². The molecule has 0 bridgehead atoms. The summed E-state index contributed by atoms with van der Waals surface area (Å²) in [5.41, 5.74) is 4.33. The maximum absolute atomic E-state index is 15.1. The van der Waals surface area contributed by atoms with Crippen molar-refractivity contribution < 1.29 is 28.7 Å². The number of rotatable bonds is 5. The highest BCUT2D eigenvalue weighted by atomic mass is 127. The van der Waals surface area contributed by atoms with Gasteiger partial charge in [0, 0.05) is 14.5 Å². The maximum atomic E-state index is 15.1. The van der Waals surface area contributed by atoms with E-state index in [9.17, 15) is 23.9 Å². The van der Waals surface area contributed by atoms with E-state index in [1.165, 1.54) is 41.3 Å². The fourth-order valence-electron chi connectivity index (χ4n) is 8.54. The Labute approximate surface area is 299 Å². The van der Waals surface area contributed by atoms with E-state index in [4.69, 9.17) is 11.6 Å². The van der Waals surface area contributed by atoms with E-state index in [-0.39, 0.29) is 30.4 Å². The highest BCUT2D eigenvalue weighted by molar-refractivity contribution is 14.1. The number of phenolic OH excluding ortho intramolecular Hbond substituents is 1. The maximum Gasteiger partial charge on any atom is 0.260 e. The molecule has 3 fully saturated rings. The molecule has 11 heteroatoms. The number of hydrogen-bond acceptors (Lipinski definition) is 6. The molecule has 49 heavy (non-hydrogen) atoms. The second-order valence-corrected chi connectivity index (χ2v) is 14.6. The van der Waals surface area contributed by atoms with Crippen LogP contribution in [0, 0.1) is 33.1 Å². The Morgan fingerprint density at radius 2 is 1.49 bits per heavy atom. The Morgan fingerprint density at radius 1 is 0.816 bits per heavy atom. The van der Waals surface area contributed by atoms with Crippen LogP contribution < -0.4 is 10.3 Å². The van der Waals surface area contributed by atoms with Gasteiger partial charge in [-0.1, -0.05) is 47.5 Å². The second-order valence-electron chi connectivity index (χ2n) is 13.0. The minimum Gasteiger partial charge on any atom is -0.508 e. The summed E-state index contributed by atoms with van der Waals surface area (Å²) in [6.45, 7) is 0. The van der Waals surface area contributed by atoms with Crippen LogP contribution in [0.2, 0.25) is 5.02 Å². The fraction of sp³-hybridized carbons (Fsp3) is 0.211. The molecular formula is C38H28ClFIN3O5. The van der Waals surface area contributed by atoms with Crippen molar-refractivity contribution in [3.8, 4) is 5.75 Å². The average molecular weight is 788 g/mol. The van der Waals surface area contributed by atoms with Crippen molar-refractivity contribution in [1.82, 2.24) is 5.01 Å². The third-order valence-corrected chi connectivity index (χ3v) is 11.5. The number of hydrazine groups is 1. The van der Waals surface area contributed by atoms with Gasteiger partial charge in [-0.15, -0.1) is 0 Å². The van der Waals surface area contributed by atoms with Crippen molar-refractivity contribution in [3.63, 3.8) is 0 Å². The molecule has 0 spiro atoms. The fourth-order valence-corrected chi connectivity index (χ4v) is 9.03. The molecule has 246 valence electrons. The third kappa shape index (κ3) is 4.82. The summed E-state index contributed by atoms with van der Waals surface area (Å²) in [7, 11) is 0. The zero-order valence-electron chi connectivity index (χ0n) is 25.7. The minimum atomic E-state index is -1.48. The van der Waals surface area contributed by atoms with E-state index in [1.807, 2.05) is 18.2 Å². The van der Waals surface area contributed by atoms with Crippen LogP contribution in [0.25, 0.3) is 0 Å². The van der Waals surface area contributed by atoms with E-state index in [0.29, 0.717) is 27.5 Å². The van der Waals surface area contributed by atoms with Crippen LogP contribution in [-0.4, -0.2) is 33.7 Å². The Kier molecular flexibility index (Phi) is 7.64. The zero-order valence-corrected chi connectivity index (χ0v) is 28.6.